The summed E-state index contributed by atoms with van der Waals surface area (Å²) < 4.78 is 10.7. The number of nitrogens with zero attached hydrogens (tertiary/aromatic N) is 1. The molecule has 6 heteroatoms. The van der Waals surface area contributed by atoms with Crippen molar-refractivity contribution >= 4 is 18.3 Å². The van der Waals surface area contributed by atoms with Crippen molar-refractivity contribution in [3.63, 3.8) is 0 Å². The first-order valence-corrected chi connectivity index (χ1v) is 7.27. The minimum absolute atomic E-state index is 0. The molecule has 1 heterocycles. The molecule has 1 aromatic rings. The maximum atomic E-state index is 12.6. The maximum Gasteiger partial charge on any atom is 0.254 e. The Morgan fingerprint density at radius 2 is 1.91 bits per heavy atom. The molecular formula is C16H25ClN2O3. The third-order valence-corrected chi connectivity index (χ3v) is 4.07. The SMILES string of the molecule is CNCC1CCN(C(=O)c2cc(OC)c(C)c(OC)c2)C1.Cl. The zero-order chi connectivity index (χ0) is 15.4. The van der Waals surface area contributed by atoms with E-state index in [-0.39, 0.29) is 18.3 Å². The topological polar surface area (TPSA) is 50.8 Å². The summed E-state index contributed by atoms with van der Waals surface area (Å²) in [6.45, 7) is 4.48. The zero-order valence-corrected chi connectivity index (χ0v) is 14.5. The van der Waals surface area contributed by atoms with Crippen molar-refractivity contribution in [3.05, 3.63) is 23.3 Å². The fourth-order valence-electron chi connectivity index (χ4n) is 2.86. The Balaban J connectivity index is 0.00000242. The quantitative estimate of drug-likeness (QED) is 0.899. The van der Waals surface area contributed by atoms with Crippen molar-refractivity contribution in [2.45, 2.75) is 13.3 Å². The molecule has 124 valence electrons. The smallest absolute Gasteiger partial charge is 0.254 e. The number of benzene rings is 1. The molecule has 1 unspecified atom stereocenters. The van der Waals surface area contributed by atoms with Gasteiger partial charge in [0.1, 0.15) is 11.5 Å². The van der Waals surface area contributed by atoms with Crippen molar-refractivity contribution in [2.75, 3.05) is 40.9 Å². The summed E-state index contributed by atoms with van der Waals surface area (Å²) in [7, 11) is 5.16. The van der Waals surface area contributed by atoms with E-state index in [1.165, 1.54) is 0 Å². The Bertz CT molecular complexity index is 497. The molecule has 1 N–H and O–H groups in total. The van der Waals surface area contributed by atoms with Gasteiger partial charge in [-0.25, -0.2) is 0 Å². The number of carbonyl (C=O) groups is 1. The van der Waals surface area contributed by atoms with Gasteiger partial charge in [-0.05, 0) is 45.0 Å². The van der Waals surface area contributed by atoms with E-state index in [1.807, 2.05) is 18.9 Å². The van der Waals surface area contributed by atoms with Gasteiger partial charge in [-0.3, -0.25) is 4.79 Å². The third kappa shape index (κ3) is 3.84. The lowest BCUT2D eigenvalue weighted by Crippen LogP contribution is -2.30. The van der Waals surface area contributed by atoms with Crippen LogP contribution in [0.3, 0.4) is 0 Å². The summed E-state index contributed by atoms with van der Waals surface area (Å²) in [5, 5.41) is 3.17. The summed E-state index contributed by atoms with van der Waals surface area (Å²) >= 11 is 0. The molecule has 0 spiro atoms. The first kappa shape index (κ1) is 18.6. The van der Waals surface area contributed by atoms with Crippen molar-refractivity contribution < 1.29 is 14.3 Å². The molecule has 1 saturated heterocycles. The van der Waals surface area contributed by atoms with Gasteiger partial charge in [-0.15, -0.1) is 12.4 Å². The Morgan fingerprint density at radius 1 is 1.32 bits per heavy atom. The lowest BCUT2D eigenvalue weighted by atomic mass is 10.1. The van der Waals surface area contributed by atoms with E-state index in [9.17, 15) is 4.79 Å². The molecule has 22 heavy (non-hydrogen) atoms. The molecule has 0 saturated carbocycles. The van der Waals surface area contributed by atoms with E-state index in [0.29, 0.717) is 23.0 Å². The maximum absolute atomic E-state index is 12.6. The molecule has 1 aliphatic rings. The highest BCUT2D eigenvalue weighted by molar-refractivity contribution is 5.95. The average molecular weight is 329 g/mol. The molecule has 1 fully saturated rings. The van der Waals surface area contributed by atoms with Gasteiger partial charge in [0.25, 0.3) is 5.91 Å². The van der Waals surface area contributed by atoms with E-state index in [0.717, 1.165) is 31.6 Å². The highest BCUT2D eigenvalue weighted by Gasteiger charge is 2.27. The predicted molar refractivity (Wildman–Crippen MR) is 89.5 cm³/mol. The van der Waals surface area contributed by atoms with Crippen LogP contribution < -0.4 is 14.8 Å². The van der Waals surface area contributed by atoms with Gasteiger partial charge in [-0.1, -0.05) is 0 Å². The van der Waals surface area contributed by atoms with Gasteiger partial charge in [0.05, 0.1) is 14.2 Å². The Kier molecular flexibility index (Phi) is 6.97. The minimum atomic E-state index is 0. The van der Waals surface area contributed by atoms with E-state index in [2.05, 4.69) is 5.32 Å². The molecule has 0 aromatic heterocycles. The van der Waals surface area contributed by atoms with Crippen molar-refractivity contribution in [1.82, 2.24) is 10.2 Å². The second kappa shape index (κ2) is 8.25. The number of ether oxygens (including phenoxy) is 2. The standard InChI is InChI=1S/C16H24N2O3.ClH/c1-11-14(20-3)7-13(8-15(11)21-4)16(19)18-6-5-12(10-18)9-17-2;/h7-8,12,17H,5-6,9-10H2,1-4H3;1H. The van der Waals surface area contributed by atoms with Crippen LogP contribution in [0.4, 0.5) is 0 Å². The van der Waals surface area contributed by atoms with Crippen LogP contribution in [-0.4, -0.2) is 51.7 Å². The van der Waals surface area contributed by atoms with E-state index in [1.54, 1.807) is 26.4 Å². The molecule has 1 atom stereocenters. The average Bonchev–Trinajstić information content (AvgIpc) is 2.95. The van der Waals surface area contributed by atoms with Crippen LogP contribution in [0.2, 0.25) is 0 Å². The summed E-state index contributed by atoms with van der Waals surface area (Å²) in [5.41, 5.74) is 1.53. The van der Waals surface area contributed by atoms with Crippen molar-refractivity contribution in [3.8, 4) is 11.5 Å². The van der Waals surface area contributed by atoms with Crippen molar-refractivity contribution in [1.29, 1.82) is 0 Å². The molecule has 1 aromatic carbocycles. The number of hydrogen-bond acceptors (Lipinski definition) is 4. The highest BCUT2D eigenvalue weighted by atomic mass is 35.5. The van der Waals surface area contributed by atoms with E-state index < -0.39 is 0 Å². The van der Waals surface area contributed by atoms with Crippen LogP contribution in [0, 0.1) is 12.8 Å². The van der Waals surface area contributed by atoms with E-state index in [4.69, 9.17) is 9.47 Å². The molecular weight excluding hydrogens is 304 g/mol. The van der Waals surface area contributed by atoms with Crippen molar-refractivity contribution in [2.24, 2.45) is 5.92 Å². The number of halogens is 1. The summed E-state index contributed by atoms with van der Waals surface area (Å²) in [4.78, 5) is 14.5. The fraction of sp³-hybridized carbons (Fsp3) is 0.562. The van der Waals surface area contributed by atoms with Crippen LogP contribution >= 0.6 is 12.4 Å². The molecule has 1 amide bonds. The van der Waals surface area contributed by atoms with Gasteiger partial charge in [0.2, 0.25) is 0 Å². The number of rotatable bonds is 5. The predicted octanol–water partition coefficient (Wildman–Crippen LogP) is 2.12. The summed E-state index contributed by atoms with van der Waals surface area (Å²) in [5.74, 6) is 1.95. The first-order chi connectivity index (χ1) is 10.1. The highest BCUT2D eigenvalue weighted by Crippen LogP contribution is 2.30. The number of likely N-dealkylation sites (tertiary alicyclic amines) is 1. The lowest BCUT2D eigenvalue weighted by molar-refractivity contribution is 0.0786. The van der Waals surface area contributed by atoms with Crippen LogP contribution in [0.25, 0.3) is 0 Å². The largest absolute Gasteiger partial charge is 0.496 e. The summed E-state index contributed by atoms with van der Waals surface area (Å²) in [6, 6.07) is 3.59. The van der Waals surface area contributed by atoms with Crippen LogP contribution in [0.15, 0.2) is 12.1 Å². The summed E-state index contributed by atoms with van der Waals surface area (Å²) in [6.07, 6.45) is 1.05. The zero-order valence-electron chi connectivity index (χ0n) is 13.6. The van der Waals surface area contributed by atoms with Gasteiger partial charge in [-0.2, -0.15) is 0 Å². The Morgan fingerprint density at radius 3 is 2.41 bits per heavy atom. The van der Waals surface area contributed by atoms with Crippen LogP contribution in [-0.2, 0) is 0 Å². The van der Waals surface area contributed by atoms with Crippen LogP contribution in [0.5, 0.6) is 11.5 Å². The normalized spacial score (nSPS) is 17.1. The van der Waals surface area contributed by atoms with Gasteiger partial charge >= 0.3 is 0 Å². The Labute approximate surface area is 138 Å². The second-order valence-corrected chi connectivity index (χ2v) is 5.47. The molecule has 0 aliphatic carbocycles. The molecule has 5 nitrogen and oxygen atoms in total. The second-order valence-electron chi connectivity index (χ2n) is 5.47. The van der Waals surface area contributed by atoms with Crippen LogP contribution in [0.1, 0.15) is 22.3 Å². The lowest BCUT2D eigenvalue weighted by Gasteiger charge is -2.18. The number of nitrogens with one attached hydrogen (secondary N) is 1. The molecule has 0 bridgehead atoms. The monoisotopic (exact) mass is 328 g/mol. The van der Waals surface area contributed by atoms with Gasteiger partial charge in [0.15, 0.2) is 0 Å². The van der Waals surface area contributed by atoms with E-state index >= 15 is 0 Å². The molecule has 2 rings (SSSR count). The first-order valence-electron chi connectivity index (χ1n) is 7.27. The number of amides is 1. The van der Waals surface area contributed by atoms with Gasteiger partial charge in [0, 0.05) is 24.2 Å². The number of methoxy groups -OCH3 is 2. The number of carbonyl (C=O) groups excluding carboxylic acids is 1. The minimum Gasteiger partial charge on any atom is -0.496 e. The Hall–Kier alpha value is -1.46. The third-order valence-electron chi connectivity index (χ3n) is 4.07. The number of hydrogen-bond donors (Lipinski definition) is 1. The molecule has 1 aliphatic heterocycles. The van der Waals surface area contributed by atoms with Gasteiger partial charge < -0.3 is 19.7 Å². The fourth-order valence-corrected chi connectivity index (χ4v) is 2.86. The molecule has 0 radical (unpaired) electrons.